The van der Waals surface area contributed by atoms with Crippen molar-refractivity contribution in [3.05, 3.63) is 29.8 Å². The number of carbonyl (C=O) groups is 2. The Hall–Kier alpha value is -1.88. The topological polar surface area (TPSA) is 61.4 Å². The maximum Gasteiger partial charge on any atom is 0.251 e. The lowest BCUT2D eigenvalue weighted by molar-refractivity contribution is -0.117. The minimum Gasteiger partial charge on any atom is -0.352 e. The van der Waals surface area contributed by atoms with E-state index in [-0.39, 0.29) is 11.8 Å². The fourth-order valence-corrected chi connectivity index (χ4v) is 2.80. The van der Waals surface area contributed by atoms with Gasteiger partial charge in [-0.1, -0.05) is 6.07 Å². The Bertz CT molecular complexity index is 579. The number of rotatable bonds is 8. The minimum absolute atomic E-state index is 0.00518. The lowest BCUT2D eigenvalue weighted by Crippen LogP contribution is -2.36. The van der Waals surface area contributed by atoms with Gasteiger partial charge in [0.25, 0.3) is 5.91 Å². The highest BCUT2D eigenvalue weighted by Crippen LogP contribution is 2.34. The number of hydrogen-bond donors (Lipinski definition) is 2. The van der Waals surface area contributed by atoms with Gasteiger partial charge in [0.05, 0.1) is 6.54 Å². The molecule has 1 aromatic rings. The molecule has 5 heteroatoms. The molecule has 0 aromatic heterocycles. The second kappa shape index (κ2) is 7.13. The molecule has 0 aliphatic heterocycles. The Morgan fingerprint density at radius 1 is 1.22 bits per heavy atom. The molecule has 0 radical (unpaired) electrons. The van der Waals surface area contributed by atoms with Crippen molar-refractivity contribution in [3.63, 3.8) is 0 Å². The van der Waals surface area contributed by atoms with Gasteiger partial charge in [-0.05, 0) is 56.7 Å². The first-order valence-electron chi connectivity index (χ1n) is 8.58. The van der Waals surface area contributed by atoms with Crippen molar-refractivity contribution >= 4 is 17.5 Å². The summed E-state index contributed by atoms with van der Waals surface area (Å²) in [7, 11) is 0. The average molecular weight is 315 g/mol. The predicted molar refractivity (Wildman–Crippen MR) is 90.4 cm³/mol. The Morgan fingerprint density at radius 2 is 2.00 bits per heavy atom. The van der Waals surface area contributed by atoms with Crippen LogP contribution in [-0.4, -0.2) is 42.4 Å². The van der Waals surface area contributed by atoms with Gasteiger partial charge in [0.1, 0.15) is 0 Å². The monoisotopic (exact) mass is 315 g/mol. The van der Waals surface area contributed by atoms with E-state index in [0.717, 1.165) is 12.5 Å². The van der Waals surface area contributed by atoms with Crippen molar-refractivity contribution in [3.8, 4) is 0 Å². The molecule has 5 nitrogen and oxygen atoms in total. The first-order chi connectivity index (χ1) is 11.2. The second-order valence-electron chi connectivity index (χ2n) is 6.59. The van der Waals surface area contributed by atoms with Crippen LogP contribution in [0.3, 0.4) is 0 Å². The fourth-order valence-electron chi connectivity index (χ4n) is 2.80. The van der Waals surface area contributed by atoms with E-state index in [1.807, 2.05) is 13.0 Å². The van der Waals surface area contributed by atoms with Crippen LogP contribution in [0.25, 0.3) is 0 Å². The molecule has 0 spiro atoms. The largest absolute Gasteiger partial charge is 0.352 e. The number of carbonyl (C=O) groups excluding carboxylic acids is 2. The number of nitrogens with one attached hydrogen (secondary N) is 2. The summed E-state index contributed by atoms with van der Waals surface area (Å²) in [6.45, 7) is 3.98. The molecule has 2 saturated carbocycles. The van der Waals surface area contributed by atoms with Gasteiger partial charge in [-0.3, -0.25) is 14.5 Å². The van der Waals surface area contributed by atoms with Gasteiger partial charge < -0.3 is 10.6 Å². The third-order valence-corrected chi connectivity index (χ3v) is 4.35. The number of hydrogen-bond acceptors (Lipinski definition) is 3. The molecule has 2 N–H and O–H groups in total. The van der Waals surface area contributed by atoms with Gasteiger partial charge in [0.2, 0.25) is 5.91 Å². The van der Waals surface area contributed by atoms with Gasteiger partial charge in [-0.2, -0.15) is 0 Å². The Balaban J connectivity index is 1.56. The number of anilines is 1. The fraction of sp³-hybridized carbons (Fsp3) is 0.556. The molecular formula is C18H25N3O2. The third-order valence-electron chi connectivity index (χ3n) is 4.35. The molecule has 2 amide bonds. The van der Waals surface area contributed by atoms with E-state index in [1.165, 1.54) is 25.7 Å². The van der Waals surface area contributed by atoms with Crippen molar-refractivity contribution < 1.29 is 9.59 Å². The molecule has 2 aliphatic rings. The van der Waals surface area contributed by atoms with Gasteiger partial charge in [0, 0.05) is 30.4 Å². The maximum atomic E-state index is 12.3. The molecule has 0 bridgehead atoms. The zero-order valence-electron chi connectivity index (χ0n) is 13.7. The normalized spacial score (nSPS) is 17.1. The second-order valence-corrected chi connectivity index (χ2v) is 6.59. The van der Waals surface area contributed by atoms with Crippen LogP contribution in [0.2, 0.25) is 0 Å². The third kappa shape index (κ3) is 4.79. The summed E-state index contributed by atoms with van der Waals surface area (Å²) >= 11 is 0. The maximum absolute atomic E-state index is 12.3. The molecule has 2 aliphatic carbocycles. The number of benzene rings is 1. The predicted octanol–water partition coefficient (Wildman–Crippen LogP) is 2.25. The summed E-state index contributed by atoms with van der Waals surface area (Å²) in [5.41, 5.74) is 1.25. The Morgan fingerprint density at radius 3 is 2.65 bits per heavy atom. The minimum atomic E-state index is -0.114. The van der Waals surface area contributed by atoms with Crippen LogP contribution in [0, 0.1) is 5.92 Å². The van der Waals surface area contributed by atoms with E-state index in [1.54, 1.807) is 18.2 Å². The van der Waals surface area contributed by atoms with Gasteiger partial charge in [-0.25, -0.2) is 0 Å². The summed E-state index contributed by atoms with van der Waals surface area (Å²) in [5.74, 6) is 0.687. The highest BCUT2D eigenvalue weighted by Gasteiger charge is 2.34. The van der Waals surface area contributed by atoms with E-state index in [2.05, 4.69) is 15.5 Å². The first-order valence-corrected chi connectivity index (χ1v) is 8.58. The molecule has 0 heterocycles. The highest BCUT2D eigenvalue weighted by molar-refractivity contribution is 5.97. The summed E-state index contributed by atoms with van der Waals surface area (Å²) in [6.07, 6.45) is 5.04. The summed E-state index contributed by atoms with van der Waals surface area (Å²) in [6, 6.07) is 7.70. The van der Waals surface area contributed by atoms with Gasteiger partial charge >= 0.3 is 0 Å². The smallest absolute Gasteiger partial charge is 0.251 e. The quantitative estimate of drug-likeness (QED) is 0.773. The molecule has 1 aromatic carbocycles. The molecule has 23 heavy (non-hydrogen) atoms. The number of nitrogens with zero attached hydrogens (tertiary/aromatic N) is 1. The van der Waals surface area contributed by atoms with Crippen molar-refractivity contribution in [2.75, 3.05) is 25.0 Å². The Kier molecular flexibility index (Phi) is 4.96. The van der Waals surface area contributed by atoms with E-state index in [9.17, 15) is 9.59 Å². The standard InChI is InChI=1S/C18H25N3O2/c1-2-19-18(23)14-4-3-5-15(10-14)20-17(22)12-21(16-8-9-16)11-13-6-7-13/h3-5,10,13,16H,2,6-9,11-12H2,1H3,(H,19,23)(H,20,22). The van der Waals surface area contributed by atoms with Crippen molar-refractivity contribution in [2.24, 2.45) is 5.92 Å². The zero-order chi connectivity index (χ0) is 16.2. The van der Waals surface area contributed by atoms with Crippen LogP contribution < -0.4 is 10.6 Å². The zero-order valence-corrected chi connectivity index (χ0v) is 13.7. The van der Waals surface area contributed by atoms with Crippen LogP contribution in [0.15, 0.2) is 24.3 Å². The van der Waals surface area contributed by atoms with Crippen molar-refractivity contribution in [2.45, 2.75) is 38.6 Å². The average Bonchev–Trinajstić information content (AvgIpc) is 3.40. The lowest BCUT2D eigenvalue weighted by Gasteiger charge is -2.21. The van der Waals surface area contributed by atoms with Crippen LogP contribution in [0.4, 0.5) is 5.69 Å². The number of amides is 2. The SMILES string of the molecule is CCNC(=O)c1cccc(NC(=O)CN(CC2CC2)C2CC2)c1. The summed E-state index contributed by atoms with van der Waals surface area (Å²) < 4.78 is 0. The van der Waals surface area contributed by atoms with Crippen LogP contribution in [0.1, 0.15) is 43.0 Å². The van der Waals surface area contributed by atoms with Crippen LogP contribution in [-0.2, 0) is 4.79 Å². The molecule has 124 valence electrons. The Labute approximate surface area is 137 Å². The van der Waals surface area contributed by atoms with E-state index in [4.69, 9.17) is 0 Å². The molecular weight excluding hydrogens is 290 g/mol. The van der Waals surface area contributed by atoms with E-state index >= 15 is 0 Å². The molecule has 3 rings (SSSR count). The van der Waals surface area contributed by atoms with Crippen molar-refractivity contribution in [1.29, 1.82) is 0 Å². The van der Waals surface area contributed by atoms with Crippen molar-refractivity contribution in [1.82, 2.24) is 10.2 Å². The van der Waals surface area contributed by atoms with Gasteiger partial charge in [0.15, 0.2) is 0 Å². The van der Waals surface area contributed by atoms with Crippen LogP contribution >= 0.6 is 0 Å². The highest BCUT2D eigenvalue weighted by atomic mass is 16.2. The molecule has 0 saturated heterocycles. The summed E-state index contributed by atoms with van der Waals surface area (Å²) in [5, 5.41) is 5.69. The van der Waals surface area contributed by atoms with E-state index in [0.29, 0.717) is 30.4 Å². The molecule has 2 fully saturated rings. The molecule has 0 unspecified atom stereocenters. The molecule has 0 atom stereocenters. The van der Waals surface area contributed by atoms with Gasteiger partial charge in [-0.15, -0.1) is 0 Å². The summed E-state index contributed by atoms with van der Waals surface area (Å²) in [4.78, 5) is 26.5. The first kappa shape index (κ1) is 16.0. The van der Waals surface area contributed by atoms with Crippen LogP contribution in [0.5, 0.6) is 0 Å². The lowest BCUT2D eigenvalue weighted by atomic mass is 10.2. The van der Waals surface area contributed by atoms with E-state index < -0.39 is 0 Å².